The van der Waals surface area contributed by atoms with Gasteiger partial charge in [-0.15, -0.1) is 0 Å². The van der Waals surface area contributed by atoms with Crippen LogP contribution in [0.5, 0.6) is 0 Å². The zero-order valence-electron chi connectivity index (χ0n) is 17.4. The fourth-order valence-corrected chi connectivity index (χ4v) is 5.86. The minimum absolute atomic E-state index is 0.00623. The van der Waals surface area contributed by atoms with E-state index < -0.39 is 11.5 Å². The summed E-state index contributed by atoms with van der Waals surface area (Å²) in [4.78, 5) is 29.0. The molecule has 1 aliphatic carbocycles. The average molecular weight is 537 g/mol. The van der Waals surface area contributed by atoms with Crippen LogP contribution in [0.3, 0.4) is 0 Å². The SMILES string of the molecule is O=C(C(Cc1ccc(Br)cc1)NC(=O)C1(c2ccc(Cl)cc2Cl)CC1)N1CC2CC1CN2. The molecule has 2 saturated heterocycles. The molecule has 3 unspecified atom stereocenters. The van der Waals surface area contributed by atoms with E-state index >= 15 is 0 Å². The second-order valence-corrected chi connectivity index (χ2v) is 10.8. The van der Waals surface area contributed by atoms with Gasteiger partial charge in [0.15, 0.2) is 0 Å². The van der Waals surface area contributed by atoms with Crippen molar-refractivity contribution >= 4 is 50.9 Å². The number of piperazine rings is 1. The summed E-state index contributed by atoms with van der Waals surface area (Å²) in [6.45, 7) is 1.52. The van der Waals surface area contributed by atoms with E-state index in [4.69, 9.17) is 23.2 Å². The van der Waals surface area contributed by atoms with Gasteiger partial charge >= 0.3 is 0 Å². The molecule has 2 bridgehead atoms. The van der Waals surface area contributed by atoms with Crippen molar-refractivity contribution in [3.8, 4) is 0 Å². The van der Waals surface area contributed by atoms with Gasteiger partial charge < -0.3 is 15.5 Å². The summed E-state index contributed by atoms with van der Waals surface area (Å²) in [5.41, 5.74) is 1.09. The maximum atomic E-state index is 13.6. The van der Waals surface area contributed by atoms with Crippen molar-refractivity contribution in [2.45, 2.75) is 49.2 Å². The number of fused-ring (bicyclic) bond motifs is 2. The smallest absolute Gasteiger partial charge is 0.245 e. The highest BCUT2D eigenvalue weighted by Crippen LogP contribution is 2.51. The first-order valence-electron chi connectivity index (χ1n) is 10.9. The van der Waals surface area contributed by atoms with Crippen molar-refractivity contribution in [1.82, 2.24) is 15.5 Å². The highest BCUT2D eigenvalue weighted by atomic mass is 79.9. The summed E-state index contributed by atoms with van der Waals surface area (Å²) in [7, 11) is 0. The Morgan fingerprint density at radius 1 is 1.19 bits per heavy atom. The number of halogens is 3. The summed E-state index contributed by atoms with van der Waals surface area (Å²) < 4.78 is 0.977. The molecular weight excluding hydrogens is 513 g/mol. The zero-order valence-corrected chi connectivity index (χ0v) is 20.5. The van der Waals surface area contributed by atoms with E-state index in [1.807, 2.05) is 35.2 Å². The molecular formula is C24H24BrCl2N3O2. The molecule has 0 spiro atoms. The van der Waals surface area contributed by atoms with Crippen LogP contribution in [0.1, 0.15) is 30.4 Å². The highest BCUT2D eigenvalue weighted by molar-refractivity contribution is 9.10. The number of amides is 2. The fraction of sp³-hybridized carbons (Fsp3) is 0.417. The highest BCUT2D eigenvalue weighted by Gasteiger charge is 2.53. The van der Waals surface area contributed by atoms with E-state index in [9.17, 15) is 9.59 Å². The Morgan fingerprint density at radius 3 is 2.53 bits per heavy atom. The minimum atomic E-state index is -0.689. The lowest BCUT2D eigenvalue weighted by atomic mass is 9.93. The van der Waals surface area contributed by atoms with Gasteiger partial charge in [-0.1, -0.05) is 57.3 Å². The Labute approximate surface area is 206 Å². The van der Waals surface area contributed by atoms with Crippen LogP contribution in [0.25, 0.3) is 0 Å². The molecule has 2 aromatic carbocycles. The van der Waals surface area contributed by atoms with Crippen LogP contribution < -0.4 is 10.6 Å². The van der Waals surface area contributed by atoms with Gasteiger partial charge in [-0.25, -0.2) is 0 Å². The number of nitrogens with one attached hydrogen (secondary N) is 2. The van der Waals surface area contributed by atoms with Crippen molar-refractivity contribution in [1.29, 1.82) is 0 Å². The summed E-state index contributed by atoms with van der Waals surface area (Å²) >= 11 is 15.9. The van der Waals surface area contributed by atoms with Crippen molar-refractivity contribution in [3.05, 3.63) is 68.1 Å². The molecule has 1 saturated carbocycles. The molecule has 3 fully saturated rings. The van der Waals surface area contributed by atoms with Crippen LogP contribution in [0.4, 0.5) is 0 Å². The number of likely N-dealkylation sites (tertiary alicyclic amines) is 1. The third-order valence-electron chi connectivity index (χ3n) is 6.93. The molecule has 32 heavy (non-hydrogen) atoms. The second-order valence-electron chi connectivity index (χ2n) is 9.05. The van der Waals surface area contributed by atoms with Gasteiger partial charge in [0.1, 0.15) is 6.04 Å². The number of carbonyl (C=O) groups is 2. The number of benzene rings is 2. The topological polar surface area (TPSA) is 61.4 Å². The average Bonchev–Trinajstić information content (AvgIpc) is 3.29. The molecule has 5 nitrogen and oxygen atoms in total. The summed E-state index contributed by atoms with van der Waals surface area (Å²) in [6, 6.07) is 13.1. The van der Waals surface area contributed by atoms with Crippen LogP contribution in [-0.4, -0.2) is 47.9 Å². The van der Waals surface area contributed by atoms with E-state index in [2.05, 4.69) is 26.6 Å². The van der Waals surface area contributed by atoms with Gasteiger partial charge in [-0.2, -0.15) is 0 Å². The third kappa shape index (κ3) is 4.18. The van der Waals surface area contributed by atoms with Gasteiger partial charge in [0, 0.05) is 46.1 Å². The monoisotopic (exact) mass is 535 g/mol. The Bertz CT molecular complexity index is 1060. The lowest BCUT2D eigenvalue weighted by molar-refractivity contribution is -0.138. The van der Waals surface area contributed by atoms with Crippen LogP contribution >= 0.6 is 39.1 Å². The van der Waals surface area contributed by atoms with Crippen LogP contribution in [0.15, 0.2) is 46.9 Å². The zero-order chi connectivity index (χ0) is 22.5. The molecule has 0 aromatic heterocycles. The van der Waals surface area contributed by atoms with Crippen LogP contribution in [-0.2, 0) is 21.4 Å². The summed E-state index contributed by atoms with van der Waals surface area (Å²) in [5, 5.41) is 7.56. The Morgan fingerprint density at radius 2 is 1.94 bits per heavy atom. The van der Waals surface area contributed by atoms with E-state index in [1.165, 1.54) is 0 Å². The third-order valence-corrected chi connectivity index (χ3v) is 8.00. The fourth-order valence-electron chi connectivity index (χ4n) is 5.00. The molecule has 168 valence electrons. The number of nitrogens with zero attached hydrogens (tertiary/aromatic N) is 1. The quantitative estimate of drug-likeness (QED) is 0.584. The first-order chi connectivity index (χ1) is 15.4. The second kappa shape index (κ2) is 8.64. The molecule has 2 N–H and O–H groups in total. The standard InChI is InChI=1S/C24H24BrCl2N3O2/c25-15-3-1-14(2-4-15)9-21(22(31)30-13-17-11-18(30)12-28-17)29-23(32)24(7-8-24)19-6-5-16(26)10-20(19)27/h1-6,10,17-18,21,28H,7-9,11-13H2,(H,29,32). The van der Waals surface area contributed by atoms with Crippen molar-refractivity contribution in [2.75, 3.05) is 13.1 Å². The van der Waals surface area contributed by atoms with Gasteiger partial charge in [0.25, 0.3) is 0 Å². The predicted molar refractivity (Wildman–Crippen MR) is 129 cm³/mol. The molecule has 2 aliphatic heterocycles. The van der Waals surface area contributed by atoms with E-state index in [1.54, 1.807) is 12.1 Å². The molecule has 2 heterocycles. The summed E-state index contributed by atoms with van der Waals surface area (Å²) in [6.07, 6.45) is 2.84. The van der Waals surface area contributed by atoms with Crippen LogP contribution in [0, 0.1) is 0 Å². The van der Waals surface area contributed by atoms with Gasteiger partial charge in [-0.05, 0) is 54.7 Å². The predicted octanol–water partition coefficient (Wildman–Crippen LogP) is 4.09. The molecule has 2 amide bonds. The Kier molecular flexibility index (Phi) is 5.99. The number of hydrogen-bond acceptors (Lipinski definition) is 3. The van der Waals surface area contributed by atoms with E-state index in [-0.39, 0.29) is 17.9 Å². The number of carbonyl (C=O) groups excluding carboxylic acids is 2. The molecule has 5 rings (SSSR count). The Hall–Kier alpha value is -1.60. The molecule has 0 radical (unpaired) electrons. The first-order valence-corrected chi connectivity index (χ1v) is 12.5. The largest absolute Gasteiger partial charge is 0.343 e. The lowest BCUT2D eigenvalue weighted by Gasteiger charge is -2.32. The number of hydrogen-bond donors (Lipinski definition) is 2. The number of rotatable bonds is 6. The van der Waals surface area contributed by atoms with E-state index in [0.717, 1.165) is 28.6 Å². The molecule has 3 atom stereocenters. The molecule has 2 aromatic rings. The summed E-state index contributed by atoms with van der Waals surface area (Å²) in [5.74, 6) is -0.145. The molecule has 3 aliphatic rings. The molecule has 8 heteroatoms. The van der Waals surface area contributed by atoms with Gasteiger partial charge in [-0.3, -0.25) is 9.59 Å². The Balaban J connectivity index is 1.39. The van der Waals surface area contributed by atoms with Crippen LogP contribution in [0.2, 0.25) is 10.0 Å². The van der Waals surface area contributed by atoms with Crippen molar-refractivity contribution < 1.29 is 9.59 Å². The maximum absolute atomic E-state index is 13.6. The first kappa shape index (κ1) is 22.2. The van der Waals surface area contributed by atoms with Gasteiger partial charge in [0.05, 0.1) is 5.41 Å². The van der Waals surface area contributed by atoms with Gasteiger partial charge in [0.2, 0.25) is 11.8 Å². The maximum Gasteiger partial charge on any atom is 0.245 e. The van der Waals surface area contributed by atoms with Crippen molar-refractivity contribution in [3.63, 3.8) is 0 Å². The van der Waals surface area contributed by atoms with E-state index in [0.29, 0.717) is 41.9 Å². The normalized spacial score (nSPS) is 23.8. The lowest BCUT2D eigenvalue weighted by Crippen LogP contribution is -2.56. The minimum Gasteiger partial charge on any atom is -0.343 e. The van der Waals surface area contributed by atoms with Crippen molar-refractivity contribution in [2.24, 2.45) is 0 Å².